The second kappa shape index (κ2) is 7.41. The second-order valence-electron chi connectivity index (χ2n) is 6.28. The van der Waals surface area contributed by atoms with E-state index in [2.05, 4.69) is 5.32 Å². The first-order valence-electron chi connectivity index (χ1n) is 8.39. The summed E-state index contributed by atoms with van der Waals surface area (Å²) in [6.07, 6.45) is -0.226. The highest BCUT2D eigenvalue weighted by molar-refractivity contribution is 6.20. The van der Waals surface area contributed by atoms with Crippen LogP contribution < -0.4 is 5.32 Å². The number of aryl methyl sites for hydroxylation is 1. The number of hydrogen-bond acceptors (Lipinski definition) is 5. The second-order valence-corrected chi connectivity index (χ2v) is 6.28. The van der Waals surface area contributed by atoms with Crippen LogP contribution in [-0.2, 0) is 14.4 Å². The van der Waals surface area contributed by atoms with Crippen molar-refractivity contribution in [3.05, 3.63) is 70.8 Å². The average Bonchev–Trinajstić information content (AvgIpc) is 2.87. The van der Waals surface area contributed by atoms with E-state index in [-0.39, 0.29) is 23.5 Å². The van der Waals surface area contributed by atoms with Crippen LogP contribution >= 0.6 is 0 Å². The Kier molecular flexibility index (Phi) is 5.03. The Morgan fingerprint density at radius 3 is 2.07 bits per heavy atom. The zero-order chi connectivity index (χ0) is 19.6. The van der Waals surface area contributed by atoms with E-state index in [1.54, 1.807) is 24.3 Å². The summed E-state index contributed by atoms with van der Waals surface area (Å²) in [7, 11) is 0. The fraction of sp³-hybridized carbons (Fsp3) is 0.200. The van der Waals surface area contributed by atoms with Gasteiger partial charge in [0.25, 0.3) is 11.8 Å². The van der Waals surface area contributed by atoms with Gasteiger partial charge in [0.15, 0.2) is 0 Å². The summed E-state index contributed by atoms with van der Waals surface area (Å²) < 4.78 is 0. The predicted molar refractivity (Wildman–Crippen MR) is 95.4 cm³/mol. The number of hydrogen-bond donors (Lipinski definition) is 1. The number of benzene rings is 2. The lowest BCUT2D eigenvalue weighted by Gasteiger charge is -2.19. The summed E-state index contributed by atoms with van der Waals surface area (Å²) in [6, 6.07) is 12.9. The van der Waals surface area contributed by atoms with Gasteiger partial charge < -0.3 is 10.2 Å². The number of carbonyl (C=O) groups is 4. The molecule has 1 N–H and O–H groups in total. The van der Waals surface area contributed by atoms with Gasteiger partial charge in [-0.05, 0) is 24.6 Å². The molecule has 3 amide bonds. The van der Waals surface area contributed by atoms with Crippen LogP contribution in [0.4, 0.5) is 0 Å². The summed E-state index contributed by atoms with van der Waals surface area (Å²) in [5, 5.41) is 3.15. The summed E-state index contributed by atoms with van der Waals surface area (Å²) in [6.45, 7) is 3.27. The van der Waals surface area contributed by atoms with Crippen molar-refractivity contribution in [2.24, 2.45) is 0 Å². The maximum absolute atomic E-state index is 12.4. The number of nitrogens with zero attached hydrogens (tertiary/aromatic N) is 1. The highest BCUT2D eigenvalue weighted by atomic mass is 16.7. The number of hydroxylamine groups is 2. The molecule has 0 aliphatic carbocycles. The normalized spacial score (nSPS) is 13.9. The van der Waals surface area contributed by atoms with E-state index in [9.17, 15) is 19.2 Å². The number of rotatable bonds is 5. The van der Waals surface area contributed by atoms with Crippen molar-refractivity contribution in [2.45, 2.75) is 26.3 Å². The molecule has 0 fully saturated rings. The monoisotopic (exact) mass is 366 g/mol. The number of imide groups is 1. The summed E-state index contributed by atoms with van der Waals surface area (Å²) in [4.78, 5) is 53.4. The maximum atomic E-state index is 12.4. The maximum Gasteiger partial charge on any atom is 0.335 e. The third-order valence-corrected chi connectivity index (χ3v) is 4.18. The molecule has 0 aromatic heterocycles. The minimum atomic E-state index is -0.802. The van der Waals surface area contributed by atoms with Crippen LogP contribution in [0, 0.1) is 6.92 Å². The smallest absolute Gasteiger partial charge is 0.335 e. The highest BCUT2D eigenvalue weighted by Gasteiger charge is 2.38. The van der Waals surface area contributed by atoms with E-state index < -0.39 is 23.8 Å². The van der Waals surface area contributed by atoms with Crippen molar-refractivity contribution < 1.29 is 24.0 Å². The molecule has 3 rings (SSSR count). The van der Waals surface area contributed by atoms with Gasteiger partial charge in [0.2, 0.25) is 5.91 Å². The summed E-state index contributed by atoms with van der Waals surface area (Å²) in [5.74, 6) is -2.48. The van der Waals surface area contributed by atoms with Gasteiger partial charge in [-0.3, -0.25) is 14.4 Å². The molecule has 1 unspecified atom stereocenters. The lowest BCUT2D eigenvalue weighted by atomic mass is 10.0. The molecule has 0 spiro atoms. The van der Waals surface area contributed by atoms with E-state index in [1.807, 2.05) is 19.1 Å². The lowest BCUT2D eigenvalue weighted by Crippen LogP contribution is -2.35. The topological polar surface area (TPSA) is 92.8 Å². The molecule has 1 aliphatic heterocycles. The average molecular weight is 366 g/mol. The van der Waals surface area contributed by atoms with Crippen molar-refractivity contribution in [3.63, 3.8) is 0 Å². The van der Waals surface area contributed by atoms with Gasteiger partial charge in [0.1, 0.15) is 0 Å². The van der Waals surface area contributed by atoms with E-state index in [0.717, 1.165) is 11.1 Å². The SMILES string of the molecule is CC(=O)NC(CC(=O)ON1C(=O)c2ccccc2C1=O)c1ccc(C)cc1. The highest BCUT2D eigenvalue weighted by Crippen LogP contribution is 2.24. The fourth-order valence-electron chi connectivity index (χ4n) is 2.85. The molecular formula is C20H18N2O5. The Morgan fingerprint density at radius 1 is 1.00 bits per heavy atom. The van der Waals surface area contributed by atoms with Crippen LogP contribution in [0.1, 0.15) is 51.2 Å². The number of amides is 3. The molecule has 0 bridgehead atoms. The quantitative estimate of drug-likeness (QED) is 0.820. The van der Waals surface area contributed by atoms with Gasteiger partial charge in [-0.25, -0.2) is 4.79 Å². The molecule has 0 saturated heterocycles. The van der Waals surface area contributed by atoms with Crippen molar-refractivity contribution >= 4 is 23.7 Å². The van der Waals surface area contributed by atoms with E-state index in [4.69, 9.17) is 4.84 Å². The van der Waals surface area contributed by atoms with Gasteiger partial charge >= 0.3 is 5.97 Å². The lowest BCUT2D eigenvalue weighted by molar-refractivity contribution is -0.169. The Labute approximate surface area is 155 Å². The largest absolute Gasteiger partial charge is 0.349 e. The third-order valence-electron chi connectivity index (χ3n) is 4.18. The number of carbonyl (C=O) groups excluding carboxylic acids is 4. The molecule has 1 aliphatic rings. The Bertz CT molecular complexity index is 885. The van der Waals surface area contributed by atoms with E-state index in [1.165, 1.54) is 19.1 Å². The molecular weight excluding hydrogens is 348 g/mol. The van der Waals surface area contributed by atoms with Crippen molar-refractivity contribution in [2.75, 3.05) is 0 Å². The first-order valence-corrected chi connectivity index (χ1v) is 8.39. The van der Waals surface area contributed by atoms with E-state index in [0.29, 0.717) is 5.06 Å². The van der Waals surface area contributed by atoms with Crippen LogP contribution in [-0.4, -0.2) is 28.8 Å². The van der Waals surface area contributed by atoms with Crippen molar-refractivity contribution in [3.8, 4) is 0 Å². The molecule has 0 saturated carbocycles. The Hall–Kier alpha value is -3.48. The van der Waals surface area contributed by atoms with Gasteiger partial charge in [-0.2, -0.15) is 0 Å². The molecule has 2 aromatic carbocycles. The van der Waals surface area contributed by atoms with E-state index >= 15 is 0 Å². The molecule has 7 nitrogen and oxygen atoms in total. The van der Waals surface area contributed by atoms with Gasteiger partial charge in [0.05, 0.1) is 23.6 Å². The molecule has 1 heterocycles. The van der Waals surface area contributed by atoms with Crippen LogP contribution in [0.5, 0.6) is 0 Å². The molecule has 1 atom stereocenters. The zero-order valence-electron chi connectivity index (χ0n) is 14.9. The molecule has 2 aromatic rings. The molecule has 27 heavy (non-hydrogen) atoms. The minimum Gasteiger partial charge on any atom is -0.349 e. The third kappa shape index (κ3) is 3.87. The summed E-state index contributed by atoms with van der Waals surface area (Å²) in [5.41, 5.74) is 2.13. The molecule has 7 heteroatoms. The van der Waals surface area contributed by atoms with Gasteiger partial charge in [-0.1, -0.05) is 47.0 Å². The Morgan fingerprint density at radius 2 is 1.56 bits per heavy atom. The van der Waals surface area contributed by atoms with Gasteiger partial charge in [0, 0.05) is 6.92 Å². The van der Waals surface area contributed by atoms with Crippen LogP contribution in [0.3, 0.4) is 0 Å². The van der Waals surface area contributed by atoms with Crippen molar-refractivity contribution in [1.82, 2.24) is 10.4 Å². The standard InChI is InChI=1S/C20H18N2O5/c1-12-7-9-14(10-8-12)17(21-13(2)23)11-18(24)27-22-19(25)15-5-3-4-6-16(15)20(22)26/h3-10,17H,11H2,1-2H3,(H,21,23). The van der Waals surface area contributed by atoms with Crippen LogP contribution in [0.2, 0.25) is 0 Å². The van der Waals surface area contributed by atoms with Crippen LogP contribution in [0.25, 0.3) is 0 Å². The Balaban J connectivity index is 1.73. The zero-order valence-corrected chi connectivity index (χ0v) is 14.9. The fourth-order valence-corrected chi connectivity index (χ4v) is 2.85. The van der Waals surface area contributed by atoms with Gasteiger partial charge in [-0.15, -0.1) is 0 Å². The minimum absolute atomic E-state index is 0.187. The van der Waals surface area contributed by atoms with Crippen LogP contribution in [0.15, 0.2) is 48.5 Å². The number of fused-ring (bicyclic) bond motifs is 1. The molecule has 138 valence electrons. The molecule has 0 radical (unpaired) electrons. The first-order chi connectivity index (χ1) is 12.9. The predicted octanol–water partition coefficient (Wildman–Crippen LogP) is 2.32. The first kappa shape index (κ1) is 18.3. The van der Waals surface area contributed by atoms with Crippen molar-refractivity contribution in [1.29, 1.82) is 0 Å². The number of nitrogens with one attached hydrogen (secondary N) is 1. The summed E-state index contributed by atoms with van der Waals surface area (Å²) >= 11 is 0.